The van der Waals surface area contributed by atoms with Crippen molar-refractivity contribution in [3.05, 3.63) is 23.8 Å². The zero-order chi connectivity index (χ0) is 29.4. The summed E-state index contributed by atoms with van der Waals surface area (Å²) >= 11 is 0. The number of aliphatic hydroxyl groups is 2. The monoisotopic (exact) mass is 551 g/mol. The number of nitrogens with zero attached hydrogens (tertiary/aromatic N) is 1. The van der Waals surface area contributed by atoms with Crippen molar-refractivity contribution in [2.75, 3.05) is 14.1 Å². The first-order valence-corrected chi connectivity index (χ1v) is 14.7. The Labute approximate surface area is 235 Å². The molecule has 11 atom stereocenters. The molecular formula is C31H53NO7. The van der Waals surface area contributed by atoms with Crippen LogP contribution in [-0.2, 0) is 23.8 Å². The predicted octanol–water partition coefficient (Wildman–Crippen LogP) is 4.28. The lowest BCUT2D eigenvalue weighted by atomic mass is 9.80. The Morgan fingerprint density at radius 3 is 2.28 bits per heavy atom. The Kier molecular flexibility index (Phi) is 13.3. The summed E-state index contributed by atoms with van der Waals surface area (Å²) in [5.41, 5.74) is 0.930. The molecule has 1 saturated heterocycles. The van der Waals surface area contributed by atoms with Gasteiger partial charge in [-0.1, -0.05) is 58.8 Å². The minimum atomic E-state index is -1.02. The van der Waals surface area contributed by atoms with Crippen LogP contribution >= 0.6 is 0 Å². The van der Waals surface area contributed by atoms with Crippen molar-refractivity contribution in [3.63, 3.8) is 0 Å². The van der Waals surface area contributed by atoms with E-state index in [0.717, 1.165) is 5.57 Å². The van der Waals surface area contributed by atoms with Crippen molar-refractivity contribution in [3.8, 4) is 0 Å². The summed E-state index contributed by atoms with van der Waals surface area (Å²) in [6.45, 7) is 13.6. The summed E-state index contributed by atoms with van der Waals surface area (Å²) in [6.07, 6.45) is 4.02. The molecule has 0 aromatic rings. The van der Waals surface area contributed by atoms with Crippen LogP contribution in [0.2, 0.25) is 0 Å². The Bertz CT molecular complexity index is 856. The van der Waals surface area contributed by atoms with E-state index in [1.54, 1.807) is 6.08 Å². The molecule has 2 aliphatic rings. The third kappa shape index (κ3) is 9.49. The van der Waals surface area contributed by atoms with Crippen molar-refractivity contribution < 1.29 is 34.0 Å². The number of hydrogen-bond donors (Lipinski definition) is 2. The molecule has 2 heterocycles. The molecule has 0 aromatic carbocycles. The standard InChI is InChI=1S/C31H53NO7/c1-10-23-15-19(4)25(33)13-12-18(3)14-20(5)27(11-2)38-28(35)17-26(34)22(7)30(23)39-31-29(36)24(32(8)9)16-21(6)37-31/h12-14,19-24,26-27,29-31,34,36H,10-11,15-17H2,1-9H3/b13-12+,18-14+/t19-,20+,21-,22+,23?,24+,26-,27-,29-,30-,31-/m1/s1. The van der Waals surface area contributed by atoms with Gasteiger partial charge in [-0.15, -0.1) is 0 Å². The molecule has 39 heavy (non-hydrogen) atoms. The molecule has 1 fully saturated rings. The van der Waals surface area contributed by atoms with Crippen LogP contribution in [0.25, 0.3) is 0 Å². The minimum absolute atomic E-state index is 0.0293. The number of ether oxygens (including phenoxy) is 3. The van der Waals surface area contributed by atoms with Gasteiger partial charge >= 0.3 is 5.97 Å². The van der Waals surface area contributed by atoms with Crippen molar-refractivity contribution in [2.45, 2.75) is 123 Å². The van der Waals surface area contributed by atoms with Gasteiger partial charge in [0.25, 0.3) is 0 Å². The van der Waals surface area contributed by atoms with Gasteiger partial charge in [0.2, 0.25) is 0 Å². The SMILES string of the molecule is CCC1C[C@@H](C)C(=O)/C=C/C(C)=C/[C@H](C)[C@@H](CC)OC(=O)C[C@@H](O)[C@H](C)[C@H]1O[C@H]1O[C@H](C)C[C@H](N(C)C)[C@H]1O. The van der Waals surface area contributed by atoms with Gasteiger partial charge in [-0.2, -0.15) is 0 Å². The van der Waals surface area contributed by atoms with Crippen LogP contribution in [0.1, 0.15) is 80.6 Å². The zero-order valence-corrected chi connectivity index (χ0v) is 25.5. The fraction of sp³-hybridized carbons (Fsp3) is 0.806. The molecule has 2 rings (SSSR count). The van der Waals surface area contributed by atoms with E-state index in [2.05, 4.69) is 0 Å². The average Bonchev–Trinajstić information content (AvgIpc) is 2.87. The number of allylic oxidation sites excluding steroid dienone is 3. The predicted molar refractivity (Wildman–Crippen MR) is 152 cm³/mol. The first kappa shape index (κ1) is 33.6. The van der Waals surface area contributed by atoms with E-state index in [-0.39, 0.29) is 48.2 Å². The van der Waals surface area contributed by atoms with Crippen LogP contribution in [-0.4, -0.2) is 83.8 Å². The highest BCUT2D eigenvalue weighted by atomic mass is 16.7. The maximum absolute atomic E-state index is 13.1. The van der Waals surface area contributed by atoms with Gasteiger partial charge < -0.3 is 29.3 Å². The molecule has 0 bridgehead atoms. The smallest absolute Gasteiger partial charge is 0.308 e. The second kappa shape index (κ2) is 15.4. The van der Waals surface area contributed by atoms with Gasteiger partial charge in [0.1, 0.15) is 12.2 Å². The van der Waals surface area contributed by atoms with E-state index in [4.69, 9.17) is 14.2 Å². The van der Waals surface area contributed by atoms with Gasteiger partial charge in [-0.25, -0.2) is 0 Å². The normalized spacial score (nSPS) is 42.1. The molecule has 2 aliphatic heterocycles. The van der Waals surface area contributed by atoms with E-state index in [0.29, 0.717) is 25.7 Å². The third-order valence-corrected chi connectivity index (χ3v) is 8.51. The van der Waals surface area contributed by atoms with Crippen molar-refractivity contribution in [1.82, 2.24) is 4.90 Å². The number of carbonyl (C=O) groups excluding carboxylic acids is 2. The Morgan fingerprint density at radius 1 is 1.03 bits per heavy atom. The van der Waals surface area contributed by atoms with Gasteiger partial charge in [-0.05, 0) is 59.2 Å². The molecule has 2 N–H and O–H groups in total. The van der Waals surface area contributed by atoms with Gasteiger partial charge in [0, 0.05) is 23.8 Å². The fourth-order valence-electron chi connectivity index (χ4n) is 5.89. The number of aliphatic hydroxyl groups excluding tert-OH is 2. The number of esters is 1. The van der Waals surface area contributed by atoms with E-state index in [1.807, 2.05) is 79.6 Å². The Morgan fingerprint density at radius 2 is 1.69 bits per heavy atom. The van der Waals surface area contributed by atoms with Crippen LogP contribution < -0.4 is 0 Å². The fourth-order valence-corrected chi connectivity index (χ4v) is 5.89. The molecular weight excluding hydrogens is 498 g/mol. The van der Waals surface area contributed by atoms with Crippen LogP contribution in [0.5, 0.6) is 0 Å². The van der Waals surface area contributed by atoms with Crippen molar-refractivity contribution >= 4 is 11.8 Å². The van der Waals surface area contributed by atoms with E-state index >= 15 is 0 Å². The van der Waals surface area contributed by atoms with Crippen LogP contribution in [0.15, 0.2) is 23.8 Å². The summed E-state index contributed by atoms with van der Waals surface area (Å²) in [7, 11) is 3.84. The highest BCUT2D eigenvalue weighted by molar-refractivity contribution is 5.91. The van der Waals surface area contributed by atoms with Gasteiger partial charge in [-0.3, -0.25) is 9.59 Å². The third-order valence-electron chi connectivity index (χ3n) is 8.51. The van der Waals surface area contributed by atoms with Gasteiger partial charge in [0.05, 0.1) is 24.7 Å². The lowest BCUT2D eigenvalue weighted by molar-refractivity contribution is -0.283. The van der Waals surface area contributed by atoms with Gasteiger partial charge in [0.15, 0.2) is 12.1 Å². The summed E-state index contributed by atoms with van der Waals surface area (Å²) in [4.78, 5) is 28.0. The molecule has 0 spiro atoms. The lowest BCUT2D eigenvalue weighted by Gasteiger charge is -2.44. The molecule has 8 heteroatoms. The molecule has 0 saturated carbocycles. The molecule has 0 aliphatic carbocycles. The van der Waals surface area contributed by atoms with E-state index in [1.165, 1.54) is 0 Å². The summed E-state index contributed by atoms with van der Waals surface area (Å²) in [6, 6.07) is -0.143. The molecule has 1 unspecified atom stereocenters. The summed E-state index contributed by atoms with van der Waals surface area (Å²) in [5.74, 6) is -1.32. The van der Waals surface area contributed by atoms with Crippen molar-refractivity contribution in [1.29, 1.82) is 0 Å². The zero-order valence-electron chi connectivity index (χ0n) is 25.5. The van der Waals surface area contributed by atoms with Crippen LogP contribution in [0, 0.1) is 23.7 Å². The lowest BCUT2D eigenvalue weighted by Crippen LogP contribution is -2.56. The number of cyclic esters (lactones) is 1. The Balaban J connectivity index is 2.43. The largest absolute Gasteiger partial charge is 0.462 e. The maximum Gasteiger partial charge on any atom is 0.308 e. The number of ketones is 1. The van der Waals surface area contributed by atoms with Crippen molar-refractivity contribution in [2.24, 2.45) is 23.7 Å². The first-order valence-electron chi connectivity index (χ1n) is 14.7. The first-order chi connectivity index (χ1) is 18.3. The number of hydrogen-bond acceptors (Lipinski definition) is 8. The van der Waals surface area contributed by atoms with Crippen LogP contribution in [0.4, 0.5) is 0 Å². The molecule has 0 aromatic heterocycles. The summed E-state index contributed by atoms with van der Waals surface area (Å²) < 4.78 is 18.4. The van der Waals surface area contributed by atoms with E-state index in [9.17, 15) is 19.8 Å². The highest BCUT2D eigenvalue weighted by Gasteiger charge is 2.43. The molecule has 0 radical (unpaired) electrons. The number of rotatable bonds is 5. The topological polar surface area (TPSA) is 106 Å². The highest BCUT2D eigenvalue weighted by Crippen LogP contribution is 2.34. The Hall–Kier alpha value is -1.58. The number of carbonyl (C=O) groups is 2. The quantitative estimate of drug-likeness (QED) is 0.488. The average molecular weight is 552 g/mol. The summed E-state index contributed by atoms with van der Waals surface area (Å²) in [5, 5.41) is 22.4. The molecule has 0 amide bonds. The van der Waals surface area contributed by atoms with Crippen LogP contribution in [0.3, 0.4) is 0 Å². The second-order valence-electron chi connectivity index (χ2n) is 12.1. The second-order valence-corrected chi connectivity index (χ2v) is 12.1. The maximum atomic E-state index is 13.1. The minimum Gasteiger partial charge on any atom is -0.462 e. The molecule has 8 nitrogen and oxygen atoms in total. The number of likely N-dealkylation sites (N-methyl/N-ethyl adjacent to an activating group) is 1. The van der Waals surface area contributed by atoms with E-state index < -0.39 is 36.5 Å². The molecule has 224 valence electrons.